The van der Waals surface area contributed by atoms with E-state index in [0.717, 1.165) is 51.1 Å². The predicted octanol–water partition coefficient (Wildman–Crippen LogP) is 6.22. The highest BCUT2D eigenvalue weighted by Gasteiger charge is 2.30. The number of allylic oxidation sites excluding steroid dienone is 2. The number of hydrogen-bond donors (Lipinski definition) is 1. The van der Waals surface area contributed by atoms with E-state index in [1.165, 1.54) is 11.1 Å². The monoisotopic (exact) mass is 475 g/mol. The lowest BCUT2D eigenvalue weighted by molar-refractivity contribution is -0.384. The van der Waals surface area contributed by atoms with Gasteiger partial charge < -0.3 is 9.84 Å². The third-order valence-corrected chi connectivity index (χ3v) is 7.88. The second-order valence-corrected chi connectivity index (χ2v) is 10.00. The Labute approximate surface area is 202 Å². The maximum absolute atomic E-state index is 11.3. The maximum Gasteiger partial charge on any atom is 0.307 e. The zero-order valence-electron chi connectivity index (χ0n) is 19.0. The first-order chi connectivity index (χ1) is 16.3. The molecule has 7 heteroatoms. The molecule has 0 spiro atoms. The summed E-state index contributed by atoms with van der Waals surface area (Å²) >= 11 is 1.67. The minimum Gasteiger partial charge on any atom is -0.481 e. The normalized spacial score (nSPS) is 20.8. The van der Waals surface area contributed by atoms with E-state index in [4.69, 9.17) is 9.84 Å². The number of rotatable bonds is 6. The molecule has 6 nitrogen and oxygen atoms in total. The van der Waals surface area contributed by atoms with Gasteiger partial charge in [-0.15, -0.1) is 11.8 Å². The predicted molar refractivity (Wildman–Crippen MR) is 133 cm³/mol. The number of nitrogens with zero attached hydrogens (tertiary/aromatic N) is 1. The van der Waals surface area contributed by atoms with Crippen molar-refractivity contribution in [1.82, 2.24) is 0 Å². The number of fused-ring (bicyclic) bond motifs is 2. The number of nitro benzene ring substituents is 1. The highest BCUT2D eigenvalue weighted by Crippen LogP contribution is 2.45. The molecule has 0 saturated carbocycles. The molecule has 1 N–H and O–H groups in total. The number of ether oxygens (including phenoxy) is 1. The molecule has 174 valence electrons. The zero-order valence-corrected chi connectivity index (χ0v) is 19.9. The van der Waals surface area contributed by atoms with Crippen LogP contribution < -0.4 is 0 Å². The van der Waals surface area contributed by atoms with Crippen molar-refractivity contribution >= 4 is 23.4 Å². The number of hydrogen-bond acceptors (Lipinski definition) is 5. The molecule has 0 bridgehead atoms. The number of aliphatic carboxylic acids is 1. The first kappa shape index (κ1) is 22.6. The van der Waals surface area contributed by atoms with E-state index < -0.39 is 5.97 Å². The molecule has 0 amide bonds. The van der Waals surface area contributed by atoms with Crippen molar-refractivity contribution in [2.75, 3.05) is 5.75 Å². The van der Waals surface area contributed by atoms with Crippen LogP contribution in [0.3, 0.4) is 0 Å². The third kappa shape index (κ3) is 4.10. The van der Waals surface area contributed by atoms with Gasteiger partial charge in [0.25, 0.3) is 5.69 Å². The van der Waals surface area contributed by atoms with Gasteiger partial charge in [0.15, 0.2) is 0 Å². The molecule has 2 aromatic carbocycles. The van der Waals surface area contributed by atoms with Crippen molar-refractivity contribution in [1.29, 1.82) is 0 Å². The summed E-state index contributed by atoms with van der Waals surface area (Å²) in [6.45, 7) is 3.86. The van der Waals surface area contributed by atoms with Gasteiger partial charge in [-0.05, 0) is 77.3 Å². The van der Waals surface area contributed by atoms with Gasteiger partial charge in [0.1, 0.15) is 0 Å². The lowest BCUT2D eigenvalue weighted by atomic mass is 9.90. The zero-order chi connectivity index (χ0) is 24.0. The molecule has 2 aliphatic carbocycles. The standard InChI is InChI=1S/C27H25NO5S/c1-15-10-18(28(31)32)11-16(2)27(15)23-5-3-4-22-21(23)8-9-24(22)33-19-6-7-20-17(12-26(29)30)14-34-25(20)13-19/h3-7,10-11,13,19,24H,8-9,12,14H2,1-2H3,(H,29,30). The Morgan fingerprint density at radius 2 is 2.03 bits per heavy atom. The van der Waals surface area contributed by atoms with Crippen LogP contribution in [-0.4, -0.2) is 27.9 Å². The summed E-state index contributed by atoms with van der Waals surface area (Å²) in [7, 11) is 0. The van der Waals surface area contributed by atoms with Crippen molar-refractivity contribution < 1.29 is 19.6 Å². The molecule has 3 aliphatic rings. The summed E-state index contributed by atoms with van der Waals surface area (Å²) in [6.07, 6.45) is 7.78. The van der Waals surface area contributed by atoms with Crippen LogP contribution in [0.15, 0.2) is 64.6 Å². The van der Waals surface area contributed by atoms with Crippen LogP contribution >= 0.6 is 11.8 Å². The number of carboxylic acids is 1. The lowest BCUT2D eigenvalue weighted by Crippen LogP contribution is -2.14. The molecule has 1 heterocycles. The molecule has 1 aliphatic heterocycles. The van der Waals surface area contributed by atoms with Gasteiger partial charge in [0, 0.05) is 22.8 Å². The van der Waals surface area contributed by atoms with Crippen molar-refractivity contribution in [3.8, 4) is 11.1 Å². The minimum atomic E-state index is -0.798. The van der Waals surface area contributed by atoms with Crippen LogP contribution in [0.2, 0.25) is 0 Å². The SMILES string of the molecule is Cc1cc([N+](=O)[O-])cc(C)c1-c1cccc2c1CCC2OC1C=CC2=C(CC(=O)O)CSC2=C1. The summed E-state index contributed by atoms with van der Waals surface area (Å²) in [5.41, 5.74) is 8.53. The van der Waals surface area contributed by atoms with Gasteiger partial charge in [-0.2, -0.15) is 0 Å². The van der Waals surface area contributed by atoms with Crippen LogP contribution in [0, 0.1) is 24.0 Å². The van der Waals surface area contributed by atoms with Gasteiger partial charge in [0.05, 0.1) is 23.6 Å². The van der Waals surface area contributed by atoms with E-state index in [-0.39, 0.29) is 29.2 Å². The van der Waals surface area contributed by atoms with Crippen LogP contribution in [0.5, 0.6) is 0 Å². The largest absolute Gasteiger partial charge is 0.481 e. The summed E-state index contributed by atoms with van der Waals surface area (Å²) in [5, 5.41) is 20.4. The summed E-state index contributed by atoms with van der Waals surface area (Å²) in [4.78, 5) is 23.1. The average Bonchev–Trinajstić information content (AvgIpc) is 3.37. The molecular formula is C27H25NO5S. The number of aryl methyl sites for hydroxylation is 2. The Morgan fingerprint density at radius 1 is 1.26 bits per heavy atom. The van der Waals surface area contributed by atoms with Crippen molar-refractivity contribution in [3.05, 3.63) is 97.0 Å². The molecule has 2 atom stereocenters. The van der Waals surface area contributed by atoms with Gasteiger partial charge in [-0.1, -0.05) is 30.4 Å². The number of benzene rings is 2. The molecule has 0 aromatic heterocycles. The molecular weight excluding hydrogens is 450 g/mol. The molecule has 0 saturated heterocycles. The van der Waals surface area contributed by atoms with E-state index in [1.54, 1.807) is 23.9 Å². The third-order valence-electron chi connectivity index (χ3n) is 6.72. The van der Waals surface area contributed by atoms with Crippen molar-refractivity contribution in [2.45, 2.75) is 45.3 Å². The van der Waals surface area contributed by atoms with E-state index in [0.29, 0.717) is 5.75 Å². The molecule has 0 radical (unpaired) electrons. The van der Waals surface area contributed by atoms with Gasteiger partial charge in [0.2, 0.25) is 0 Å². The Bertz CT molecular complexity index is 1280. The Kier molecular flexibility index (Phi) is 5.91. The number of thioether (sulfide) groups is 1. The number of carboxylic acid groups (broad SMARTS) is 1. The lowest BCUT2D eigenvalue weighted by Gasteiger charge is -2.22. The van der Waals surface area contributed by atoms with E-state index in [2.05, 4.69) is 18.2 Å². The smallest absolute Gasteiger partial charge is 0.307 e. The van der Waals surface area contributed by atoms with Gasteiger partial charge in [-0.25, -0.2) is 0 Å². The van der Waals surface area contributed by atoms with Gasteiger partial charge in [-0.3, -0.25) is 14.9 Å². The second-order valence-electron chi connectivity index (χ2n) is 8.98. The number of carbonyl (C=O) groups is 1. The molecule has 0 fully saturated rings. The Balaban J connectivity index is 1.40. The van der Waals surface area contributed by atoms with E-state index in [1.807, 2.05) is 32.1 Å². The molecule has 5 rings (SSSR count). The fraction of sp³-hybridized carbons (Fsp3) is 0.296. The second kappa shape index (κ2) is 8.89. The van der Waals surface area contributed by atoms with Crippen LogP contribution in [0.4, 0.5) is 5.69 Å². The maximum atomic E-state index is 11.3. The topological polar surface area (TPSA) is 89.7 Å². The van der Waals surface area contributed by atoms with E-state index in [9.17, 15) is 14.9 Å². The number of nitro groups is 1. The van der Waals surface area contributed by atoms with Gasteiger partial charge >= 0.3 is 5.97 Å². The molecule has 2 unspecified atom stereocenters. The first-order valence-corrected chi connectivity index (χ1v) is 12.3. The van der Waals surface area contributed by atoms with Crippen LogP contribution in [0.25, 0.3) is 11.1 Å². The Hall–Kier alpha value is -3.16. The molecule has 34 heavy (non-hydrogen) atoms. The van der Waals surface area contributed by atoms with E-state index >= 15 is 0 Å². The van der Waals surface area contributed by atoms with Crippen molar-refractivity contribution in [2.24, 2.45) is 0 Å². The highest BCUT2D eigenvalue weighted by atomic mass is 32.2. The fourth-order valence-corrected chi connectivity index (χ4v) is 6.48. The summed E-state index contributed by atoms with van der Waals surface area (Å²) in [6, 6.07) is 9.55. The summed E-state index contributed by atoms with van der Waals surface area (Å²) < 4.78 is 6.50. The molecule has 2 aromatic rings. The van der Waals surface area contributed by atoms with Crippen LogP contribution in [0.1, 0.15) is 41.2 Å². The number of non-ortho nitro benzene ring substituents is 1. The minimum absolute atomic E-state index is 0.0319. The first-order valence-electron chi connectivity index (χ1n) is 11.3. The fourth-order valence-electron chi connectivity index (χ4n) is 5.29. The Morgan fingerprint density at radius 3 is 2.74 bits per heavy atom. The quantitative estimate of drug-likeness (QED) is 0.394. The average molecular weight is 476 g/mol. The highest BCUT2D eigenvalue weighted by molar-refractivity contribution is 8.03. The van der Waals surface area contributed by atoms with Crippen molar-refractivity contribution in [3.63, 3.8) is 0 Å². The van der Waals surface area contributed by atoms with Crippen LogP contribution in [-0.2, 0) is 16.0 Å². The summed E-state index contributed by atoms with van der Waals surface area (Å²) in [5.74, 6) is -0.0818.